The summed E-state index contributed by atoms with van der Waals surface area (Å²) in [5, 5.41) is 2.59. The highest BCUT2D eigenvalue weighted by Crippen LogP contribution is 2.18. The minimum Gasteiger partial charge on any atom is -0.492 e. The Labute approximate surface area is 153 Å². The number of esters is 1. The van der Waals surface area contributed by atoms with Crippen molar-refractivity contribution in [2.24, 2.45) is 0 Å². The van der Waals surface area contributed by atoms with Gasteiger partial charge in [-0.2, -0.15) is 0 Å². The van der Waals surface area contributed by atoms with Crippen LogP contribution in [-0.2, 0) is 9.53 Å². The van der Waals surface area contributed by atoms with Gasteiger partial charge in [0.1, 0.15) is 18.2 Å². The van der Waals surface area contributed by atoms with E-state index in [1.807, 2.05) is 31.2 Å². The Morgan fingerprint density at radius 2 is 2.00 bits per heavy atom. The smallest absolute Gasteiger partial charge is 0.339 e. The number of ether oxygens (including phenoxy) is 2. The van der Waals surface area contributed by atoms with E-state index in [2.05, 4.69) is 21.2 Å². The van der Waals surface area contributed by atoms with Gasteiger partial charge in [0.25, 0.3) is 5.91 Å². The molecule has 0 aliphatic carbocycles. The van der Waals surface area contributed by atoms with Crippen LogP contribution in [0.2, 0.25) is 0 Å². The van der Waals surface area contributed by atoms with Gasteiger partial charge in [-0.05, 0) is 58.7 Å². The Morgan fingerprint density at radius 1 is 1.20 bits per heavy atom. The summed E-state index contributed by atoms with van der Waals surface area (Å²) in [5.41, 5.74) is 1.23. The summed E-state index contributed by atoms with van der Waals surface area (Å²) in [6.45, 7) is 2.12. The average molecular weight is 410 g/mol. The van der Waals surface area contributed by atoms with Crippen LogP contribution in [0.3, 0.4) is 0 Å². The summed E-state index contributed by atoms with van der Waals surface area (Å²) in [7, 11) is 0. The first-order chi connectivity index (χ1) is 12.0. The highest BCUT2D eigenvalue weighted by molar-refractivity contribution is 9.10. The van der Waals surface area contributed by atoms with E-state index in [1.165, 1.54) is 6.07 Å². The number of aryl methyl sites for hydroxylation is 1. The molecule has 0 aliphatic heterocycles. The molecular weight excluding hydrogens is 393 g/mol. The molecule has 2 aromatic rings. The highest BCUT2D eigenvalue weighted by Gasteiger charge is 2.13. The lowest BCUT2D eigenvalue weighted by Crippen LogP contribution is -2.32. The highest BCUT2D eigenvalue weighted by atomic mass is 79.9. The van der Waals surface area contributed by atoms with Crippen LogP contribution >= 0.6 is 15.9 Å². The van der Waals surface area contributed by atoms with Crippen molar-refractivity contribution in [3.8, 4) is 5.75 Å². The van der Waals surface area contributed by atoms with Gasteiger partial charge >= 0.3 is 5.97 Å². The van der Waals surface area contributed by atoms with E-state index in [-0.39, 0.29) is 16.6 Å². The van der Waals surface area contributed by atoms with Crippen molar-refractivity contribution >= 4 is 27.8 Å². The Kier molecular flexibility index (Phi) is 6.94. The van der Waals surface area contributed by atoms with Crippen LogP contribution in [-0.4, -0.2) is 31.6 Å². The predicted molar refractivity (Wildman–Crippen MR) is 94.1 cm³/mol. The SMILES string of the molecule is Cc1cccc(OCCNC(=O)COC(=O)c2ccc(F)cc2Br)c1. The molecule has 0 aliphatic rings. The maximum absolute atomic E-state index is 13.0. The molecule has 0 unspecified atom stereocenters. The summed E-state index contributed by atoms with van der Waals surface area (Å²) >= 11 is 3.08. The van der Waals surface area contributed by atoms with Crippen molar-refractivity contribution in [2.75, 3.05) is 19.8 Å². The zero-order chi connectivity index (χ0) is 18.2. The third-order valence-electron chi connectivity index (χ3n) is 3.17. The number of nitrogens with one attached hydrogen (secondary N) is 1. The Morgan fingerprint density at radius 3 is 2.72 bits per heavy atom. The Bertz CT molecular complexity index is 766. The molecular formula is C18H17BrFNO4. The number of amides is 1. The van der Waals surface area contributed by atoms with Gasteiger partial charge < -0.3 is 14.8 Å². The van der Waals surface area contributed by atoms with E-state index in [0.717, 1.165) is 23.4 Å². The number of halogens is 2. The number of rotatable bonds is 7. The van der Waals surface area contributed by atoms with E-state index >= 15 is 0 Å². The molecule has 132 valence electrons. The number of carbonyl (C=O) groups excluding carboxylic acids is 2. The molecule has 1 N–H and O–H groups in total. The molecule has 0 radical (unpaired) electrons. The van der Waals surface area contributed by atoms with Crippen LogP contribution in [0.4, 0.5) is 4.39 Å². The minimum atomic E-state index is -0.710. The molecule has 0 saturated heterocycles. The van der Waals surface area contributed by atoms with Crippen LogP contribution in [0.1, 0.15) is 15.9 Å². The summed E-state index contributed by atoms with van der Waals surface area (Å²) in [6, 6.07) is 11.2. The first-order valence-electron chi connectivity index (χ1n) is 7.54. The molecule has 2 aromatic carbocycles. The van der Waals surface area contributed by atoms with E-state index in [9.17, 15) is 14.0 Å². The number of benzene rings is 2. The van der Waals surface area contributed by atoms with E-state index in [1.54, 1.807) is 0 Å². The third kappa shape index (κ3) is 6.19. The molecule has 2 rings (SSSR count). The van der Waals surface area contributed by atoms with Gasteiger partial charge in [-0.3, -0.25) is 4.79 Å². The lowest BCUT2D eigenvalue weighted by Gasteiger charge is -2.09. The van der Waals surface area contributed by atoms with Crippen LogP contribution in [0.15, 0.2) is 46.9 Å². The van der Waals surface area contributed by atoms with Gasteiger partial charge in [-0.15, -0.1) is 0 Å². The van der Waals surface area contributed by atoms with Crippen molar-refractivity contribution in [1.82, 2.24) is 5.32 Å². The molecule has 0 heterocycles. The quantitative estimate of drug-likeness (QED) is 0.562. The molecule has 0 spiro atoms. The number of hydrogen-bond donors (Lipinski definition) is 1. The fourth-order valence-electron chi connectivity index (χ4n) is 1.98. The number of carbonyl (C=O) groups is 2. The normalized spacial score (nSPS) is 10.2. The molecule has 0 atom stereocenters. The summed E-state index contributed by atoms with van der Waals surface area (Å²) in [5.74, 6) is -0.908. The van der Waals surface area contributed by atoms with Crippen molar-refractivity contribution in [2.45, 2.75) is 6.92 Å². The number of hydrogen-bond acceptors (Lipinski definition) is 4. The molecule has 5 nitrogen and oxygen atoms in total. The summed E-state index contributed by atoms with van der Waals surface area (Å²) in [6.07, 6.45) is 0. The standard InChI is InChI=1S/C18H17BrFNO4/c1-12-3-2-4-14(9-12)24-8-7-21-17(22)11-25-18(23)15-6-5-13(20)10-16(15)19/h2-6,9-10H,7-8,11H2,1H3,(H,21,22). The van der Waals surface area contributed by atoms with Crippen LogP contribution in [0.5, 0.6) is 5.75 Å². The lowest BCUT2D eigenvalue weighted by molar-refractivity contribution is -0.124. The van der Waals surface area contributed by atoms with Gasteiger partial charge in [0.2, 0.25) is 0 Å². The van der Waals surface area contributed by atoms with E-state index in [0.29, 0.717) is 6.61 Å². The topological polar surface area (TPSA) is 64.6 Å². The van der Waals surface area contributed by atoms with E-state index in [4.69, 9.17) is 9.47 Å². The third-order valence-corrected chi connectivity index (χ3v) is 3.82. The summed E-state index contributed by atoms with van der Waals surface area (Å²) < 4.78 is 23.6. The second kappa shape index (κ2) is 9.17. The first kappa shape index (κ1) is 18.9. The average Bonchev–Trinajstić information content (AvgIpc) is 2.56. The zero-order valence-electron chi connectivity index (χ0n) is 13.6. The Balaban J connectivity index is 1.69. The second-order valence-corrected chi connectivity index (χ2v) is 6.07. The van der Waals surface area contributed by atoms with Gasteiger partial charge in [0.15, 0.2) is 6.61 Å². The van der Waals surface area contributed by atoms with Crippen molar-refractivity contribution in [1.29, 1.82) is 0 Å². The minimum absolute atomic E-state index is 0.150. The van der Waals surface area contributed by atoms with E-state index < -0.39 is 24.3 Å². The van der Waals surface area contributed by atoms with Gasteiger partial charge in [-0.1, -0.05) is 12.1 Å². The largest absolute Gasteiger partial charge is 0.492 e. The van der Waals surface area contributed by atoms with Crippen LogP contribution < -0.4 is 10.1 Å². The maximum Gasteiger partial charge on any atom is 0.339 e. The molecule has 25 heavy (non-hydrogen) atoms. The monoisotopic (exact) mass is 409 g/mol. The zero-order valence-corrected chi connectivity index (χ0v) is 15.1. The van der Waals surface area contributed by atoms with Gasteiger partial charge in [0.05, 0.1) is 12.1 Å². The Hall–Kier alpha value is -2.41. The van der Waals surface area contributed by atoms with Crippen LogP contribution in [0.25, 0.3) is 0 Å². The lowest BCUT2D eigenvalue weighted by atomic mass is 10.2. The molecule has 0 bridgehead atoms. The van der Waals surface area contributed by atoms with Crippen molar-refractivity contribution in [3.63, 3.8) is 0 Å². The van der Waals surface area contributed by atoms with Crippen LogP contribution in [0, 0.1) is 12.7 Å². The molecule has 1 amide bonds. The summed E-state index contributed by atoms with van der Waals surface area (Å²) in [4.78, 5) is 23.5. The molecule has 0 fully saturated rings. The van der Waals surface area contributed by atoms with Crippen molar-refractivity contribution in [3.05, 3.63) is 63.9 Å². The first-order valence-corrected chi connectivity index (χ1v) is 8.33. The fraction of sp³-hybridized carbons (Fsp3) is 0.222. The van der Waals surface area contributed by atoms with Gasteiger partial charge in [0, 0.05) is 4.47 Å². The molecule has 0 saturated carbocycles. The fourth-order valence-corrected chi connectivity index (χ4v) is 2.49. The van der Waals surface area contributed by atoms with Gasteiger partial charge in [-0.25, -0.2) is 9.18 Å². The van der Waals surface area contributed by atoms with Crippen molar-refractivity contribution < 1.29 is 23.5 Å². The maximum atomic E-state index is 13.0. The molecule has 7 heteroatoms. The predicted octanol–water partition coefficient (Wildman–Crippen LogP) is 3.25. The molecule has 0 aromatic heterocycles. The second-order valence-electron chi connectivity index (χ2n) is 5.22.